The molecule has 3 aromatic rings. The van der Waals surface area contributed by atoms with Gasteiger partial charge in [0.25, 0.3) is 5.91 Å². The predicted molar refractivity (Wildman–Crippen MR) is 134 cm³/mol. The van der Waals surface area contributed by atoms with Crippen LogP contribution in [0, 0.1) is 0 Å². The fourth-order valence-electron chi connectivity index (χ4n) is 3.34. The van der Waals surface area contributed by atoms with Gasteiger partial charge in [-0.05, 0) is 18.1 Å². The Balaban J connectivity index is 1.76. The summed E-state index contributed by atoms with van der Waals surface area (Å²) in [4.78, 5) is 45.5. The van der Waals surface area contributed by atoms with Gasteiger partial charge in [0, 0.05) is 32.9 Å². The number of nitrogens with one attached hydrogen (secondary N) is 2. The molecule has 2 unspecified atom stereocenters. The lowest BCUT2D eigenvalue weighted by Crippen LogP contribution is -2.50. The third-order valence-electron chi connectivity index (χ3n) is 5.36. The molecule has 0 saturated heterocycles. The van der Waals surface area contributed by atoms with E-state index in [4.69, 9.17) is 0 Å². The summed E-state index contributed by atoms with van der Waals surface area (Å²) in [6.45, 7) is 1.90. The molecule has 2 N–H and O–H groups in total. The first-order valence-electron chi connectivity index (χ1n) is 10.9. The predicted octanol–water partition coefficient (Wildman–Crippen LogP) is 3.80. The van der Waals surface area contributed by atoms with Crippen LogP contribution in [0.5, 0.6) is 0 Å². The van der Waals surface area contributed by atoms with E-state index < -0.39 is 6.04 Å². The third kappa shape index (κ3) is 6.41. The first-order valence-corrected chi connectivity index (χ1v) is 11.7. The molecule has 0 aliphatic carbocycles. The molecule has 9 heteroatoms. The van der Waals surface area contributed by atoms with Crippen molar-refractivity contribution >= 4 is 34.3 Å². The number of hydrogen-bond acceptors (Lipinski definition) is 5. The number of nitrogens with zero attached hydrogens (tertiary/aromatic N) is 3. The van der Waals surface area contributed by atoms with Crippen LogP contribution in [0.4, 0.5) is 9.93 Å². The van der Waals surface area contributed by atoms with Crippen LogP contribution < -0.4 is 10.6 Å². The molecule has 2 aromatic carbocycles. The molecule has 2 atom stereocenters. The number of rotatable bonds is 8. The van der Waals surface area contributed by atoms with Gasteiger partial charge in [-0.1, -0.05) is 60.7 Å². The summed E-state index contributed by atoms with van der Waals surface area (Å²) in [6.07, 6.45) is 0.325. The van der Waals surface area contributed by atoms with E-state index in [2.05, 4.69) is 15.6 Å². The van der Waals surface area contributed by atoms with Crippen molar-refractivity contribution in [1.29, 1.82) is 0 Å². The topological polar surface area (TPSA) is 94.6 Å². The minimum absolute atomic E-state index is 0.227. The van der Waals surface area contributed by atoms with Gasteiger partial charge in [-0.2, -0.15) is 0 Å². The Morgan fingerprint density at radius 1 is 0.971 bits per heavy atom. The number of benzene rings is 2. The molecule has 1 heterocycles. The molecule has 0 aliphatic heterocycles. The van der Waals surface area contributed by atoms with Crippen molar-refractivity contribution in [2.75, 3.05) is 26.5 Å². The number of carbonyl (C=O) groups is 3. The number of hydrogen-bond donors (Lipinski definition) is 2. The quantitative estimate of drug-likeness (QED) is 0.514. The van der Waals surface area contributed by atoms with E-state index in [9.17, 15) is 14.4 Å². The number of amides is 4. The zero-order chi connectivity index (χ0) is 24.7. The number of anilines is 1. The van der Waals surface area contributed by atoms with Crippen molar-refractivity contribution < 1.29 is 14.4 Å². The first-order chi connectivity index (χ1) is 16.3. The molecule has 178 valence electrons. The molecule has 0 fully saturated rings. The number of likely N-dealkylation sites (N-methyl/N-ethyl adjacent to an activating group) is 1. The third-order valence-corrected chi connectivity index (χ3v) is 6.12. The minimum atomic E-state index is -0.790. The molecule has 0 spiro atoms. The van der Waals surface area contributed by atoms with E-state index in [1.807, 2.05) is 67.6 Å². The fourth-order valence-corrected chi connectivity index (χ4v) is 4.03. The lowest BCUT2D eigenvalue weighted by Gasteiger charge is -2.29. The van der Waals surface area contributed by atoms with Crippen molar-refractivity contribution in [3.8, 4) is 0 Å². The second kappa shape index (κ2) is 11.4. The van der Waals surface area contributed by atoms with E-state index in [-0.39, 0.29) is 29.6 Å². The second-order valence-electron chi connectivity index (χ2n) is 8.13. The molecule has 3 rings (SSSR count). The maximum Gasteiger partial charge on any atom is 0.318 e. The maximum atomic E-state index is 13.3. The molecule has 0 radical (unpaired) electrons. The van der Waals surface area contributed by atoms with Crippen LogP contribution in [0.25, 0.3) is 0 Å². The van der Waals surface area contributed by atoms with Gasteiger partial charge >= 0.3 is 6.03 Å². The Morgan fingerprint density at radius 3 is 2.21 bits per heavy atom. The van der Waals surface area contributed by atoms with Gasteiger partial charge in [0.1, 0.15) is 11.7 Å². The van der Waals surface area contributed by atoms with Gasteiger partial charge in [-0.3, -0.25) is 9.59 Å². The van der Waals surface area contributed by atoms with Crippen LogP contribution in [0.3, 0.4) is 0 Å². The van der Waals surface area contributed by atoms with E-state index in [0.29, 0.717) is 11.6 Å². The normalized spacial score (nSPS) is 12.4. The first kappa shape index (κ1) is 24.9. The molecule has 0 saturated carbocycles. The van der Waals surface area contributed by atoms with E-state index in [1.54, 1.807) is 26.5 Å². The monoisotopic (exact) mass is 479 g/mol. The van der Waals surface area contributed by atoms with Crippen molar-refractivity contribution in [3.05, 3.63) is 82.9 Å². The molecular formula is C25H29N5O3S. The second-order valence-corrected chi connectivity index (χ2v) is 8.98. The lowest BCUT2D eigenvalue weighted by atomic mass is 10.0. The van der Waals surface area contributed by atoms with E-state index in [0.717, 1.165) is 11.1 Å². The molecule has 0 bridgehead atoms. The zero-order valence-corrected chi connectivity index (χ0v) is 20.5. The molecular weight excluding hydrogens is 450 g/mol. The van der Waals surface area contributed by atoms with Gasteiger partial charge in [0.2, 0.25) is 5.91 Å². The minimum Gasteiger partial charge on any atom is -0.343 e. The highest BCUT2D eigenvalue weighted by Crippen LogP contribution is 2.19. The van der Waals surface area contributed by atoms with Gasteiger partial charge in [-0.25, -0.2) is 9.78 Å². The molecule has 8 nitrogen and oxygen atoms in total. The average Bonchev–Trinajstić information content (AvgIpc) is 3.30. The van der Waals surface area contributed by atoms with Gasteiger partial charge in [0.05, 0.1) is 6.04 Å². The number of aromatic nitrogens is 1. The van der Waals surface area contributed by atoms with Crippen LogP contribution in [-0.4, -0.2) is 59.8 Å². The van der Waals surface area contributed by atoms with Crippen molar-refractivity contribution in [1.82, 2.24) is 20.1 Å². The summed E-state index contributed by atoms with van der Waals surface area (Å²) in [7, 11) is 4.88. The van der Waals surface area contributed by atoms with Gasteiger partial charge in [-0.15, -0.1) is 11.3 Å². The van der Waals surface area contributed by atoms with E-state index >= 15 is 0 Å². The highest BCUT2D eigenvalue weighted by molar-refractivity contribution is 7.14. The number of thiazole rings is 1. The largest absolute Gasteiger partial charge is 0.343 e. The lowest BCUT2D eigenvalue weighted by molar-refractivity contribution is -0.120. The smallest absolute Gasteiger partial charge is 0.318 e. The summed E-state index contributed by atoms with van der Waals surface area (Å²) in [5, 5.41) is 7.63. The molecule has 34 heavy (non-hydrogen) atoms. The Hall–Kier alpha value is -3.72. The molecule has 0 aliphatic rings. The number of carbonyl (C=O) groups excluding carboxylic acids is 3. The number of urea groups is 1. The molecule has 1 aromatic heterocycles. The Kier molecular flexibility index (Phi) is 8.37. The maximum absolute atomic E-state index is 13.3. The summed E-state index contributed by atoms with van der Waals surface area (Å²) in [5.74, 6) is -0.629. The van der Waals surface area contributed by atoms with Crippen molar-refractivity contribution in [2.45, 2.75) is 25.4 Å². The SMILES string of the molecule is CC(NC(=O)N(C)C(Cc1ccccc1)C(=O)Nc1nc(C(=O)N(C)C)cs1)c1ccccc1. The zero-order valence-electron chi connectivity index (χ0n) is 19.7. The standard InChI is InChI=1S/C25H29N5O3S/c1-17(19-13-9-6-10-14-19)26-25(33)30(4)21(15-18-11-7-5-8-12-18)22(31)28-24-27-20(16-34-24)23(32)29(2)3/h5-14,16-17,21H,15H2,1-4H3,(H,26,33)(H,27,28,31). The van der Waals surface area contributed by atoms with Crippen molar-refractivity contribution in [3.63, 3.8) is 0 Å². The van der Waals surface area contributed by atoms with Gasteiger partial charge in [0.15, 0.2) is 5.13 Å². The van der Waals surface area contributed by atoms with Crippen LogP contribution in [0.1, 0.15) is 34.6 Å². The van der Waals surface area contributed by atoms with Crippen LogP contribution in [0.15, 0.2) is 66.0 Å². The summed E-state index contributed by atoms with van der Waals surface area (Å²) >= 11 is 1.17. The van der Waals surface area contributed by atoms with Gasteiger partial charge < -0.3 is 20.4 Å². The Bertz CT molecular complexity index is 1120. The highest BCUT2D eigenvalue weighted by Gasteiger charge is 2.29. The molecule has 4 amide bonds. The Labute approximate surface area is 203 Å². The van der Waals surface area contributed by atoms with E-state index in [1.165, 1.54) is 21.1 Å². The fraction of sp³-hybridized carbons (Fsp3) is 0.280. The Morgan fingerprint density at radius 2 is 1.59 bits per heavy atom. The average molecular weight is 480 g/mol. The van der Waals surface area contributed by atoms with Crippen LogP contribution >= 0.6 is 11.3 Å². The van der Waals surface area contributed by atoms with Crippen molar-refractivity contribution in [2.24, 2.45) is 0 Å². The summed E-state index contributed by atoms with van der Waals surface area (Å²) in [6, 6.07) is 17.7. The van der Waals surface area contributed by atoms with Crippen LogP contribution in [0.2, 0.25) is 0 Å². The van der Waals surface area contributed by atoms with Crippen LogP contribution in [-0.2, 0) is 11.2 Å². The summed E-state index contributed by atoms with van der Waals surface area (Å²) in [5.41, 5.74) is 2.14. The highest BCUT2D eigenvalue weighted by atomic mass is 32.1. The summed E-state index contributed by atoms with van der Waals surface area (Å²) < 4.78 is 0.